The zero-order valence-electron chi connectivity index (χ0n) is 12.7. The molecule has 2 aliphatic heterocycles. The Labute approximate surface area is 130 Å². The van der Waals surface area contributed by atoms with Gasteiger partial charge >= 0.3 is 0 Å². The highest BCUT2D eigenvalue weighted by Crippen LogP contribution is 2.42. The fraction of sp³-hybridized carbons (Fsp3) is 0.812. The minimum absolute atomic E-state index is 0.236. The molecule has 0 radical (unpaired) electrons. The van der Waals surface area contributed by atoms with Crippen molar-refractivity contribution < 1.29 is 9.47 Å². The van der Waals surface area contributed by atoms with E-state index in [1.807, 2.05) is 0 Å². The largest absolute Gasteiger partial charge is 0.380 e. The molecule has 0 aromatic carbocycles. The minimum atomic E-state index is 0.236. The molecule has 3 heterocycles. The first kappa shape index (κ1) is 14.1. The lowest BCUT2D eigenvalue weighted by Crippen LogP contribution is -2.36. The van der Waals surface area contributed by atoms with Crippen LogP contribution in [0, 0.1) is 24.2 Å². The van der Waals surface area contributed by atoms with Crippen molar-refractivity contribution in [3.63, 3.8) is 0 Å². The van der Waals surface area contributed by atoms with Crippen molar-refractivity contribution in [1.82, 2.24) is 9.88 Å². The molecule has 4 rings (SSSR count). The first-order valence-corrected chi connectivity index (χ1v) is 8.90. The summed E-state index contributed by atoms with van der Waals surface area (Å²) in [6.45, 7) is 8.89. The van der Waals surface area contributed by atoms with Gasteiger partial charge in [-0.05, 0) is 25.7 Å². The van der Waals surface area contributed by atoms with Crippen molar-refractivity contribution in [2.75, 3.05) is 39.5 Å². The summed E-state index contributed by atoms with van der Waals surface area (Å²) in [6, 6.07) is 0. The van der Waals surface area contributed by atoms with Crippen LogP contribution in [-0.2, 0) is 16.0 Å². The van der Waals surface area contributed by atoms with Gasteiger partial charge in [-0.1, -0.05) is 0 Å². The summed E-state index contributed by atoms with van der Waals surface area (Å²) in [5, 5.41) is 3.35. The Balaban J connectivity index is 1.36. The van der Waals surface area contributed by atoms with Crippen LogP contribution in [0.25, 0.3) is 0 Å². The number of thiazole rings is 1. The van der Waals surface area contributed by atoms with E-state index in [2.05, 4.69) is 22.2 Å². The average molecular weight is 308 g/mol. The van der Waals surface area contributed by atoms with Gasteiger partial charge in [0, 0.05) is 43.0 Å². The van der Waals surface area contributed by atoms with Crippen LogP contribution in [0.4, 0.5) is 0 Å². The highest BCUT2D eigenvalue weighted by Gasteiger charge is 2.50. The second-order valence-electron chi connectivity index (χ2n) is 7.06. The van der Waals surface area contributed by atoms with E-state index in [0.717, 1.165) is 57.0 Å². The number of rotatable bonds is 6. The summed E-state index contributed by atoms with van der Waals surface area (Å²) >= 11 is 1.75. The number of likely N-dealkylation sites (tertiary alicyclic amines) is 1. The van der Waals surface area contributed by atoms with Crippen LogP contribution in [0.3, 0.4) is 0 Å². The lowest BCUT2D eigenvalue weighted by atomic mass is 9.82. The van der Waals surface area contributed by atoms with E-state index < -0.39 is 0 Å². The molecule has 0 bridgehead atoms. The van der Waals surface area contributed by atoms with E-state index in [9.17, 15) is 0 Å². The van der Waals surface area contributed by atoms with Crippen LogP contribution in [0.5, 0.6) is 0 Å². The second-order valence-corrected chi connectivity index (χ2v) is 8.12. The first-order chi connectivity index (χ1) is 10.2. The molecule has 4 nitrogen and oxygen atoms in total. The van der Waals surface area contributed by atoms with E-state index in [4.69, 9.17) is 9.47 Å². The molecule has 2 atom stereocenters. The first-order valence-electron chi connectivity index (χ1n) is 8.02. The van der Waals surface area contributed by atoms with Crippen LogP contribution in [0.1, 0.15) is 23.5 Å². The molecule has 3 fully saturated rings. The number of hydrogen-bond acceptors (Lipinski definition) is 5. The van der Waals surface area contributed by atoms with Crippen LogP contribution in [0.2, 0.25) is 0 Å². The van der Waals surface area contributed by atoms with Gasteiger partial charge in [0.15, 0.2) is 0 Å². The zero-order chi connectivity index (χ0) is 14.3. The number of ether oxygens (including phenoxy) is 2. The molecule has 1 aromatic rings. The van der Waals surface area contributed by atoms with Crippen molar-refractivity contribution in [3.05, 3.63) is 16.1 Å². The molecule has 116 valence electrons. The zero-order valence-corrected chi connectivity index (χ0v) is 13.5. The Morgan fingerprint density at radius 3 is 3.19 bits per heavy atom. The van der Waals surface area contributed by atoms with E-state index >= 15 is 0 Å². The van der Waals surface area contributed by atoms with Crippen molar-refractivity contribution in [2.45, 2.75) is 26.3 Å². The SMILES string of the molecule is Cc1nc(CN2C[C@@H]3COC[C@]3(COCC3CC3)C2)cs1. The van der Waals surface area contributed by atoms with Gasteiger partial charge in [-0.25, -0.2) is 4.98 Å². The van der Waals surface area contributed by atoms with Gasteiger partial charge in [0.05, 0.1) is 30.5 Å². The van der Waals surface area contributed by atoms with Crippen LogP contribution >= 0.6 is 11.3 Å². The number of hydrogen-bond donors (Lipinski definition) is 0. The molecule has 21 heavy (non-hydrogen) atoms. The number of aryl methyl sites for hydroxylation is 1. The summed E-state index contributed by atoms with van der Waals surface area (Å²) < 4.78 is 11.8. The van der Waals surface area contributed by atoms with Gasteiger partial charge in [-0.15, -0.1) is 11.3 Å². The third-order valence-electron chi connectivity index (χ3n) is 5.08. The predicted octanol–water partition coefficient (Wildman–Crippen LogP) is 2.33. The molecule has 0 spiro atoms. The third kappa shape index (κ3) is 3.02. The van der Waals surface area contributed by atoms with E-state index in [0.29, 0.717) is 5.92 Å². The van der Waals surface area contributed by atoms with Crippen molar-refractivity contribution in [3.8, 4) is 0 Å². The Hall–Kier alpha value is -0.490. The van der Waals surface area contributed by atoms with Gasteiger partial charge in [0.2, 0.25) is 0 Å². The van der Waals surface area contributed by atoms with Crippen LogP contribution in [-0.4, -0.2) is 49.4 Å². The van der Waals surface area contributed by atoms with Crippen molar-refractivity contribution in [1.29, 1.82) is 0 Å². The fourth-order valence-electron chi connectivity index (χ4n) is 3.69. The predicted molar refractivity (Wildman–Crippen MR) is 82.4 cm³/mol. The van der Waals surface area contributed by atoms with Gasteiger partial charge in [-0.3, -0.25) is 4.90 Å². The topological polar surface area (TPSA) is 34.6 Å². The van der Waals surface area contributed by atoms with Crippen molar-refractivity contribution in [2.24, 2.45) is 17.3 Å². The molecule has 3 aliphatic rings. The third-order valence-corrected chi connectivity index (χ3v) is 5.91. The average Bonchev–Trinajstić information content (AvgIpc) is 2.90. The maximum Gasteiger partial charge on any atom is 0.0897 e. The lowest BCUT2D eigenvalue weighted by Gasteiger charge is -2.27. The molecule has 1 saturated carbocycles. The minimum Gasteiger partial charge on any atom is -0.380 e. The molecule has 0 N–H and O–H groups in total. The molecule has 1 aliphatic carbocycles. The molecular formula is C16H24N2O2S. The second kappa shape index (κ2) is 5.61. The van der Waals surface area contributed by atoms with Gasteiger partial charge in [-0.2, -0.15) is 0 Å². The summed E-state index contributed by atoms with van der Waals surface area (Å²) in [7, 11) is 0. The van der Waals surface area contributed by atoms with E-state index in [1.165, 1.54) is 18.5 Å². The Bertz CT molecular complexity index is 502. The number of aromatic nitrogens is 1. The summed E-state index contributed by atoms with van der Waals surface area (Å²) in [5.74, 6) is 1.48. The summed E-state index contributed by atoms with van der Waals surface area (Å²) in [4.78, 5) is 7.14. The molecule has 0 amide bonds. The Morgan fingerprint density at radius 1 is 1.52 bits per heavy atom. The summed E-state index contributed by atoms with van der Waals surface area (Å²) in [5.41, 5.74) is 1.45. The highest BCUT2D eigenvalue weighted by molar-refractivity contribution is 7.09. The van der Waals surface area contributed by atoms with E-state index in [-0.39, 0.29) is 5.41 Å². The molecular weight excluding hydrogens is 284 g/mol. The molecule has 5 heteroatoms. The van der Waals surface area contributed by atoms with Crippen molar-refractivity contribution >= 4 is 11.3 Å². The maximum absolute atomic E-state index is 6.03. The maximum atomic E-state index is 6.03. The van der Waals surface area contributed by atoms with Crippen LogP contribution in [0.15, 0.2) is 5.38 Å². The van der Waals surface area contributed by atoms with Gasteiger partial charge in [0.25, 0.3) is 0 Å². The lowest BCUT2D eigenvalue weighted by molar-refractivity contribution is 0.0221. The fourth-order valence-corrected chi connectivity index (χ4v) is 4.29. The van der Waals surface area contributed by atoms with Gasteiger partial charge < -0.3 is 9.47 Å². The Kier molecular flexibility index (Phi) is 3.78. The number of nitrogens with zero attached hydrogens (tertiary/aromatic N) is 2. The summed E-state index contributed by atoms with van der Waals surface area (Å²) in [6.07, 6.45) is 2.73. The van der Waals surface area contributed by atoms with Crippen LogP contribution < -0.4 is 0 Å². The standard InChI is InChI=1S/C16H24N2O2S/c1-12-17-15(8-21-12)5-18-4-14-7-20-11-16(14,9-18)10-19-6-13-2-3-13/h8,13-14H,2-7,9-11H2,1H3/t14-,16-/m1/s1. The van der Waals surface area contributed by atoms with Gasteiger partial charge in [0.1, 0.15) is 0 Å². The number of fused-ring (bicyclic) bond motifs is 1. The normalized spacial score (nSPS) is 32.7. The smallest absolute Gasteiger partial charge is 0.0897 e. The molecule has 1 aromatic heterocycles. The molecule has 2 saturated heterocycles. The van der Waals surface area contributed by atoms with E-state index in [1.54, 1.807) is 11.3 Å². The molecule has 0 unspecified atom stereocenters. The Morgan fingerprint density at radius 2 is 2.43 bits per heavy atom. The monoisotopic (exact) mass is 308 g/mol. The highest BCUT2D eigenvalue weighted by atomic mass is 32.1. The quantitative estimate of drug-likeness (QED) is 0.808.